The van der Waals surface area contributed by atoms with Crippen molar-refractivity contribution in [1.29, 1.82) is 0 Å². The van der Waals surface area contributed by atoms with Gasteiger partial charge >= 0.3 is 5.97 Å². The largest absolute Gasteiger partial charge is 0.492 e. The molecule has 0 saturated heterocycles. The Labute approximate surface area is 125 Å². The fourth-order valence-corrected chi connectivity index (χ4v) is 2.74. The number of methoxy groups -OCH3 is 1. The molecule has 104 valence electrons. The molecule has 2 aromatic rings. The van der Waals surface area contributed by atoms with Gasteiger partial charge in [-0.2, -0.15) is 0 Å². The second kappa shape index (κ2) is 4.66. The van der Waals surface area contributed by atoms with Gasteiger partial charge in [-0.15, -0.1) is 0 Å². The van der Waals surface area contributed by atoms with E-state index in [-0.39, 0.29) is 5.97 Å². The quantitative estimate of drug-likeness (QED) is 0.593. The zero-order chi connectivity index (χ0) is 15.2. The Hall–Kier alpha value is -2.23. The van der Waals surface area contributed by atoms with E-state index in [1.807, 2.05) is 37.3 Å². The highest BCUT2D eigenvalue weighted by atomic mass is 16.5. The Kier molecular flexibility index (Phi) is 3.05. The minimum atomic E-state index is -0.890. The van der Waals surface area contributed by atoms with Crippen molar-refractivity contribution in [1.82, 2.24) is 0 Å². The van der Waals surface area contributed by atoms with Gasteiger partial charge in [-0.05, 0) is 24.8 Å². The first-order valence-electron chi connectivity index (χ1n) is 6.75. The van der Waals surface area contributed by atoms with Gasteiger partial charge in [0, 0.05) is 10.9 Å². The summed E-state index contributed by atoms with van der Waals surface area (Å²) in [6.45, 7) is 3.69. The third-order valence-electron chi connectivity index (χ3n) is 3.76. The van der Waals surface area contributed by atoms with Crippen LogP contribution in [-0.2, 0) is 4.74 Å². The molecule has 0 aromatic heterocycles. The van der Waals surface area contributed by atoms with Gasteiger partial charge in [0.05, 0.1) is 18.2 Å². The van der Waals surface area contributed by atoms with Crippen LogP contribution in [0.3, 0.4) is 0 Å². The van der Waals surface area contributed by atoms with Gasteiger partial charge in [-0.1, -0.05) is 36.4 Å². The first-order chi connectivity index (χ1) is 9.94. The highest BCUT2D eigenvalue weighted by Crippen LogP contribution is 2.41. The van der Waals surface area contributed by atoms with Gasteiger partial charge in [0.15, 0.2) is 0 Å². The van der Waals surface area contributed by atoms with Crippen LogP contribution in [-0.4, -0.2) is 26.4 Å². The van der Waals surface area contributed by atoms with E-state index in [1.165, 1.54) is 7.11 Å². The number of carbonyl (C=O) groups is 1. The zero-order valence-corrected chi connectivity index (χ0v) is 12.3. The normalized spacial score (nSPS) is 20.0. The van der Waals surface area contributed by atoms with Crippen molar-refractivity contribution in [2.24, 2.45) is 0 Å². The molecule has 2 aromatic carbocycles. The number of aryl methyl sites for hydroxylation is 1. The van der Waals surface area contributed by atoms with E-state index < -0.39 is 5.50 Å². The maximum atomic E-state index is 12.2. The van der Waals surface area contributed by atoms with E-state index >= 15 is 0 Å². The van der Waals surface area contributed by atoms with Crippen molar-refractivity contribution in [3.63, 3.8) is 0 Å². The van der Waals surface area contributed by atoms with Crippen LogP contribution in [0.25, 0.3) is 16.8 Å². The number of hydrogen-bond acceptors (Lipinski definition) is 3. The fraction of sp³-hybridized carbons (Fsp3) is 0.235. The van der Waals surface area contributed by atoms with Crippen molar-refractivity contribution in [2.45, 2.75) is 19.3 Å². The van der Waals surface area contributed by atoms with Gasteiger partial charge in [0.25, 0.3) is 0 Å². The second-order valence-corrected chi connectivity index (χ2v) is 5.40. The predicted octanol–water partition coefficient (Wildman–Crippen LogP) is 3.23. The summed E-state index contributed by atoms with van der Waals surface area (Å²) in [5.74, 6) is 0.257. The predicted molar refractivity (Wildman–Crippen MR) is 83.8 cm³/mol. The number of carbonyl (C=O) groups excluding carboxylic acids is 1. The number of hydrogen-bond donors (Lipinski definition) is 0. The molecule has 0 bridgehead atoms. The number of esters is 1. The average Bonchev–Trinajstić information content (AvgIpc) is 2.47. The van der Waals surface area contributed by atoms with Crippen LogP contribution in [0.1, 0.15) is 28.4 Å². The fourth-order valence-electron chi connectivity index (χ4n) is 2.74. The molecule has 0 spiro atoms. The molecule has 1 unspecified atom stereocenters. The molecule has 4 heteroatoms. The third-order valence-corrected chi connectivity index (χ3v) is 3.76. The summed E-state index contributed by atoms with van der Waals surface area (Å²) in [5, 5.41) is 1.90. The Morgan fingerprint density at radius 3 is 2.62 bits per heavy atom. The van der Waals surface area contributed by atoms with E-state index in [0.29, 0.717) is 11.3 Å². The Morgan fingerprint density at radius 2 is 1.95 bits per heavy atom. The molecule has 3 rings (SSSR count). The molecular formula is C17H15BO3. The lowest BCUT2D eigenvalue weighted by atomic mass is 9.80. The summed E-state index contributed by atoms with van der Waals surface area (Å²) in [5.41, 5.74) is 1.24. The minimum absolute atomic E-state index is 0.372. The van der Waals surface area contributed by atoms with Crippen molar-refractivity contribution in [2.75, 3.05) is 7.11 Å². The second-order valence-electron chi connectivity index (χ2n) is 5.40. The monoisotopic (exact) mass is 278 g/mol. The Bertz CT molecular complexity index is 775. The first-order valence-corrected chi connectivity index (χ1v) is 6.75. The van der Waals surface area contributed by atoms with Crippen LogP contribution in [0, 0.1) is 6.92 Å². The summed E-state index contributed by atoms with van der Waals surface area (Å²) < 4.78 is 10.8. The lowest BCUT2D eigenvalue weighted by molar-refractivity contribution is 0.0599. The number of ether oxygens (including phenoxy) is 2. The average molecular weight is 278 g/mol. The standard InChI is InChI=1S/C17H15BO3/c1-10-11-6-4-5-7-12(11)15-13(14(10)16(19)20-3)8-9-17(2,18)21-15/h4-9H,1-3H3. The summed E-state index contributed by atoms with van der Waals surface area (Å²) in [4.78, 5) is 12.2. The number of fused-ring (bicyclic) bond motifs is 3. The molecule has 0 aliphatic carbocycles. The molecule has 1 aliphatic rings. The van der Waals surface area contributed by atoms with Gasteiger partial charge in [0.2, 0.25) is 0 Å². The Balaban J connectivity index is 2.43. The van der Waals surface area contributed by atoms with E-state index in [0.717, 1.165) is 21.9 Å². The van der Waals surface area contributed by atoms with E-state index in [9.17, 15) is 4.79 Å². The van der Waals surface area contributed by atoms with Gasteiger partial charge in [-0.25, -0.2) is 4.79 Å². The van der Waals surface area contributed by atoms with Crippen LogP contribution >= 0.6 is 0 Å². The van der Waals surface area contributed by atoms with Crippen molar-refractivity contribution in [3.05, 3.63) is 47.0 Å². The molecule has 1 atom stereocenters. The third kappa shape index (κ3) is 2.11. The summed E-state index contributed by atoms with van der Waals surface area (Å²) in [6, 6.07) is 7.81. The van der Waals surface area contributed by atoms with Crippen molar-refractivity contribution < 1.29 is 14.3 Å². The maximum Gasteiger partial charge on any atom is 0.338 e. The summed E-state index contributed by atoms with van der Waals surface area (Å²) in [6.07, 6.45) is 3.58. The molecule has 3 nitrogen and oxygen atoms in total. The summed E-state index contributed by atoms with van der Waals surface area (Å²) in [7, 11) is 7.43. The molecule has 2 radical (unpaired) electrons. The van der Waals surface area contributed by atoms with E-state index in [2.05, 4.69) is 0 Å². The number of rotatable bonds is 1. The minimum Gasteiger partial charge on any atom is -0.492 e. The van der Waals surface area contributed by atoms with Crippen LogP contribution in [0.5, 0.6) is 5.75 Å². The van der Waals surface area contributed by atoms with Crippen molar-refractivity contribution in [3.8, 4) is 5.75 Å². The van der Waals surface area contributed by atoms with E-state index in [1.54, 1.807) is 13.0 Å². The maximum absolute atomic E-state index is 12.2. The number of benzene rings is 2. The van der Waals surface area contributed by atoms with Gasteiger partial charge in [-0.3, -0.25) is 0 Å². The molecule has 0 saturated carbocycles. The molecule has 1 aliphatic heterocycles. The first kappa shape index (κ1) is 13.7. The van der Waals surface area contributed by atoms with E-state index in [4.69, 9.17) is 17.3 Å². The lowest BCUT2D eigenvalue weighted by Crippen LogP contribution is -2.32. The highest BCUT2D eigenvalue weighted by molar-refractivity contribution is 6.17. The van der Waals surface area contributed by atoms with Crippen LogP contribution in [0.4, 0.5) is 0 Å². The molecule has 0 fully saturated rings. The molecule has 1 heterocycles. The van der Waals surface area contributed by atoms with Crippen LogP contribution in [0.2, 0.25) is 0 Å². The highest BCUT2D eigenvalue weighted by Gasteiger charge is 2.28. The molecule has 21 heavy (non-hydrogen) atoms. The van der Waals surface area contributed by atoms with Gasteiger partial charge in [0.1, 0.15) is 13.6 Å². The Morgan fingerprint density at radius 1 is 1.29 bits per heavy atom. The molecular weight excluding hydrogens is 263 g/mol. The SMILES string of the molecule is [B]C1(C)C=Cc2c(C(=O)OC)c(C)c3ccccc3c2O1. The lowest BCUT2D eigenvalue weighted by Gasteiger charge is -2.31. The zero-order valence-electron chi connectivity index (χ0n) is 12.3. The molecule has 0 N–H and O–H groups in total. The topological polar surface area (TPSA) is 35.5 Å². The van der Waals surface area contributed by atoms with Gasteiger partial charge < -0.3 is 9.47 Å². The molecule has 0 amide bonds. The van der Waals surface area contributed by atoms with Crippen molar-refractivity contribution >= 4 is 30.7 Å². The smallest absolute Gasteiger partial charge is 0.338 e. The van der Waals surface area contributed by atoms with Crippen LogP contribution in [0.15, 0.2) is 30.3 Å². The van der Waals surface area contributed by atoms with Crippen LogP contribution < -0.4 is 4.74 Å². The summed E-state index contributed by atoms with van der Waals surface area (Å²) >= 11 is 0.